The van der Waals surface area contributed by atoms with Crippen LogP contribution in [0.5, 0.6) is 23.0 Å². The van der Waals surface area contributed by atoms with Crippen LogP contribution < -0.4 is 10.2 Å². The molecule has 3 aromatic rings. The van der Waals surface area contributed by atoms with Crippen molar-refractivity contribution >= 4 is 11.0 Å². The lowest BCUT2D eigenvalue weighted by Crippen LogP contribution is -2.05. The molecule has 0 radical (unpaired) electrons. The SMILES string of the molecule is CCCCCCCCOc1cc(O)cc2oc(-c3ccc(O)c(O)c3)cc(=O)c12. The van der Waals surface area contributed by atoms with Crippen LogP contribution in [-0.4, -0.2) is 21.9 Å². The van der Waals surface area contributed by atoms with Crippen LogP contribution in [0.25, 0.3) is 22.3 Å². The summed E-state index contributed by atoms with van der Waals surface area (Å²) >= 11 is 0. The number of unbranched alkanes of at least 4 members (excludes halogenated alkanes) is 5. The molecule has 0 bridgehead atoms. The van der Waals surface area contributed by atoms with Gasteiger partial charge in [0.05, 0.1) is 6.61 Å². The van der Waals surface area contributed by atoms with Gasteiger partial charge < -0.3 is 24.5 Å². The maximum atomic E-state index is 12.7. The number of hydrogen-bond acceptors (Lipinski definition) is 6. The molecule has 0 saturated carbocycles. The summed E-state index contributed by atoms with van der Waals surface area (Å²) in [5.74, 6) is -0.138. The zero-order valence-electron chi connectivity index (χ0n) is 16.5. The first-order chi connectivity index (χ1) is 14.0. The lowest BCUT2D eigenvalue weighted by Gasteiger charge is -2.11. The van der Waals surface area contributed by atoms with E-state index in [1.54, 1.807) is 0 Å². The number of fused-ring (bicyclic) bond motifs is 1. The van der Waals surface area contributed by atoms with Gasteiger partial charge in [-0.05, 0) is 24.6 Å². The molecule has 0 amide bonds. The van der Waals surface area contributed by atoms with Crippen LogP contribution >= 0.6 is 0 Å². The molecule has 0 aliphatic rings. The Labute approximate surface area is 169 Å². The van der Waals surface area contributed by atoms with Crippen molar-refractivity contribution < 1.29 is 24.5 Å². The minimum Gasteiger partial charge on any atom is -0.508 e. The molecule has 29 heavy (non-hydrogen) atoms. The molecule has 0 aliphatic carbocycles. The van der Waals surface area contributed by atoms with Crippen molar-refractivity contribution in [1.82, 2.24) is 0 Å². The van der Waals surface area contributed by atoms with Crippen molar-refractivity contribution in [2.75, 3.05) is 6.61 Å². The number of benzene rings is 2. The van der Waals surface area contributed by atoms with Gasteiger partial charge in [0.15, 0.2) is 16.9 Å². The van der Waals surface area contributed by atoms with E-state index in [9.17, 15) is 20.1 Å². The normalized spacial score (nSPS) is 11.1. The molecule has 0 spiro atoms. The Morgan fingerprint density at radius 2 is 1.66 bits per heavy atom. The van der Waals surface area contributed by atoms with Gasteiger partial charge in [-0.15, -0.1) is 0 Å². The first-order valence-electron chi connectivity index (χ1n) is 9.95. The van der Waals surface area contributed by atoms with Gasteiger partial charge in [-0.25, -0.2) is 0 Å². The Morgan fingerprint density at radius 1 is 0.897 bits per heavy atom. The highest BCUT2D eigenvalue weighted by Gasteiger charge is 2.14. The second kappa shape index (κ2) is 9.37. The van der Waals surface area contributed by atoms with Gasteiger partial charge in [0.25, 0.3) is 0 Å². The molecule has 1 aromatic heterocycles. The van der Waals surface area contributed by atoms with E-state index in [1.165, 1.54) is 55.7 Å². The average Bonchev–Trinajstić information content (AvgIpc) is 2.68. The van der Waals surface area contributed by atoms with Crippen LogP contribution in [-0.2, 0) is 0 Å². The topological polar surface area (TPSA) is 100 Å². The fourth-order valence-corrected chi connectivity index (χ4v) is 3.24. The van der Waals surface area contributed by atoms with E-state index >= 15 is 0 Å². The van der Waals surface area contributed by atoms with Crippen LogP contribution in [0.2, 0.25) is 0 Å². The predicted octanol–water partition coefficient (Wildman–Crippen LogP) is 5.32. The monoisotopic (exact) mass is 398 g/mol. The second-order valence-electron chi connectivity index (χ2n) is 7.11. The van der Waals surface area contributed by atoms with Gasteiger partial charge in [-0.1, -0.05) is 39.0 Å². The Bertz CT molecular complexity index is 1040. The highest BCUT2D eigenvalue weighted by molar-refractivity contribution is 5.86. The summed E-state index contributed by atoms with van der Waals surface area (Å²) in [7, 11) is 0. The molecule has 0 atom stereocenters. The van der Waals surface area contributed by atoms with Crippen molar-refractivity contribution in [3.05, 3.63) is 46.6 Å². The maximum Gasteiger partial charge on any atom is 0.197 e. The molecule has 0 unspecified atom stereocenters. The van der Waals surface area contributed by atoms with Gasteiger partial charge >= 0.3 is 0 Å². The molecular weight excluding hydrogens is 372 g/mol. The third-order valence-electron chi connectivity index (χ3n) is 4.79. The summed E-state index contributed by atoms with van der Waals surface area (Å²) < 4.78 is 11.6. The second-order valence-corrected chi connectivity index (χ2v) is 7.11. The number of hydrogen-bond donors (Lipinski definition) is 3. The largest absolute Gasteiger partial charge is 0.508 e. The lowest BCUT2D eigenvalue weighted by atomic mass is 10.1. The summed E-state index contributed by atoms with van der Waals surface area (Å²) in [6, 6.07) is 8.23. The molecule has 6 nitrogen and oxygen atoms in total. The van der Waals surface area contributed by atoms with E-state index in [-0.39, 0.29) is 39.4 Å². The smallest absolute Gasteiger partial charge is 0.197 e. The summed E-state index contributed by atoms with van der Waals surface area (Å²) in [5, 5.41) is 29.4. The van der Waals surface area contributed by atoms with Gasteiger partial charge in [0, 0.05) is 23.8 Å². The molecule has 154 valence electrons. The zero-order chi connectivity index (χ0) is 20.8. The highest BCUT2D eigenvalue weighted by atomic mass is 16.5. The van der Waals surface area contributed by atoms with Gasteiger partial charge in [-0.2, -0.15) is 0 Å². The third-order valence-corrected chi connectivity index (χ3v) is 4.79. The van der Waals surface area contributed by atoms with Crippen LogP contribution in [0.15, 0.2) is 45.6 Å². The van der Waals surface area contributed by atoms with Gasteiger partial charge in [-0.3, -0.25) is 4.79 Å². The minimum absolute atomic E-state index is 0.0655. The fourth-order valence-electron chi connectivity index (χ4n) is 3.24. The van der Waals surface area contributed by atoms with Gasteiger partial charge in [0.2, 0.25) is 0 Å². The molecule has 2 aromatic carbocycles. The molecule has 0 fully saturated rings. The maximum absolute atomic E-state index is 12.7. The zero-order valence-corrected chi connectivity index (χ0v) is 16.5. The van der Waals surface area contributed by atoms with Crippen molar-refractivity contribution in [2.24, 2.45) is 0 Å². The predicted molar refractivity (Wildman–Crippen MR) is 112 cm³/mol. The molecule has 3 N–H and O–H groups in total. The van der Waals surface area contributed by atoms with Crippen molar-refractivity contribution in [3.63, 3.8) is 0 Å². The Morgan fingerprint density at radius 3 is 2.41 bits per heavy atom. The van der Waals surface area contributed by atoms with Crippen LogP contribution in [0.4, 0.5) is 0 Å². The Kier molecular flexibility index (Phi) is 6.65. The number of phenols is 3. The van der Waals surface area contributed by atoms with Crippen molar-refractivity contribution in [1.29, 1.82) is 0 Å². The highest BCUT2D eigenvalue weighted by Crippen LogP contribution is 2.34. The summed E-state index contributed by atoms with van der Waals surface area (Å²) in [6.45, 7) is 2.63. The van der Waals surface area contributed by atoms with Crippen LogP contribution in [0.1, 0.15) is 45.4 Å². The summed E-state index contributed by atoms with van der Waals surface area (Å²) in [6.07, 6.45) is 6.73. The van der Waals surface area contributed by atoms with E-state index in [0.29, 0.717) is 17.9 Å². The van der Waals surface area contributed by atoms with Crippen LogP contribution in [0, 0.1) is 0 Å². The standard InChI is InChI=1S/C23H26O6/c1-2-3-4-5-6-7-10-28-21-12-16(24)13-22-23(21)19(27)14-20(29-22)15-8-9-17(25)18(26)11-15/h8-9,11-14,24-26H,2-7,10H2,1H3. The first-order valence-corrected chi connectivity index (χ1v) is 9.95. The summed E-state index contributed by atoms with van der Waals surface area (Å²) in [4.78, 5) is 12.7. The number of aromatic hydroxyl groups is 3. The lowest BCUT2D eigenvalue weighted by molar-refractivity contribution is 0.306. The van der Waals surface area contributed by atoms with Crippen molar-refractivity contribution in [3.8, 4) is 34.3 Å². The number of rotatable bonds is 9. The molecule has 0 saturated heterocycles. The molecule has 6 heteroatoms. The molecule has 3 rings (SSSR count). The fraction of sp³-hybridized carbons (Fsp3) is 0.348. The Hall–Kier alpha value is -3.15. The van der Waals surface area contributed by atoms with Crippen LogP contribution in [0.3, 0.4) is 0 Å². The molecule has 1 heterocycles. The van der Waals surface area contributed by atoms with E-state index < -0.39 is 0 Å². The molecule has 0 aliphatic heterocycles. The van der Waals surface area contributed by atoms with Crippen molar-refractivity contribution in [2.45, 2.75) is 45.4 Å². The summed E-state index contributed by atoms with van der Waals surface area (Å²) in [5.41, 5.74) is 0.307. The third kappa shape index (κ3) is 5.02. The quantitative estimate of drug-likeness (QED) is 0.333. The first kappa shape index (κ1) is 20.6. The Balaban J connectivity index is 1.83. The van der Waals surface area contributed by atoms with E-state index in [1.807, 2.05) is 0 Å². The average molecular weight is 398 g/mol. The number of ether oxygens (including phenoxy) is 1. The number of phenolic OH excluding ortho intramolecular Hbond substituents is 3. The van der Waals surface area contributed by atoms with E-state index in [4.69, 9.17) is 9.15 Å². The van der Waals surface area contributed by atoms with E-state index in [0.717, 1.165) is 19.3 Å². The van der Waals surface area contributed by atoms with E-state index in [2.05, 4.69) is 6.92 Å². The molecular formula is C23H26O6. The van der Waals surface area contributed by atoms with Gasteiger partial charge in [0.1, 0.15) is 28.2 Å². The minimum atomic E-state index is -0.316.